The Morgan fingerprint density at radius 3 is 2.85 bits per heavy atom. The molecule has 110 valence electrons. The third-order valence-electron chi connectivity index (χ3n) is 3.33. The first-order valence-corrected chi connectivity index (χ1v) is 7.92. The summed E-state index contributed by atoms with van der Waals surface area (Å²) < 4.78 is 13.6. The molecule has 0 spiro atoms. The average molecular weight is 297 g/mol. The zero-order valence-corrected chi connectivity index (χ0v) is 12.4. The van der Waals surface area contributed by atoms with Crippen LogP contribution in [0.2, 0.25) is 0 Å². The van der Waals surface area contributed by atoms with E-state index in [4.69, 9.17) is 0 Å². The number of hydrogen-bond acceptors (Lipinski definition) is 4. The van der Waals surface area contributed by atoms with E-state index in [1.54, 1.807) is 19.2 Å². The fraction of sp³-hybridized carbons (Fsp3) is 0.500. The van der Waals surface area contributed by atoms with Crippen LogP contribution < -0.4 is 10.6 Å². The predicted molar refractivity (Wildman–Crippen MR) is 82.0 cm³/mol. The molecule has 4 nitrogen and oxygen atoms in total. The Labute approximate surface area is 123 Å². The highest BCUT2D eigenvalue weighted by Gasteiger charge is 2.14. The number of benzene rings is 1. The van der Waals surface area contributed by atoms with Crippen LogP contribution in [0.3, 0.4) is 0 Å². The van der Waals surface area contributed by atoms with Crippen molar-refractivity contribution in [2.45, 2.75) is 0 Å². The van der Waals surface area contributed by atoms with E-state index in [1.807, 2.05) is 11.8 Å². The van der Waals surface area contributed by atoms with Crippen molar-refractivity contribution >= 4 is 23.4 Å². The van der Waals surface area contributed by atoms with Crippen molar-refractivity contribution < 1.29 is 9.18 Å². The van der Waals surface area contributed by atoms with Gasteiger partial charge in [-0.3, -0.25) is 9.69 Å². The topological polar surface area (TPSA) is 44.4 Å². The smallest absolute Gasteiger partial charge is 0.253 e. The molecule has 1 aromatic rings. The van der Waals surface area contributed by atoms with Gasteiger partial charge in [0.2, 0.25) is 0 Å². The van der Waals surface area contributed by atoms with Crippen molar-refractivity contribution in [1.29, 1.82) is 0 Å². The van der Waals surface area contributed by atoms with Gasteiger partial charge in [-0.2, -0.15) is 11.8 Å². The molecule has 0 radical (unpaired) electrons. The molecule has 6 heteroatoms. The Hall–Kier alpha value is -1.27. The largest absolute Gasteiger partial charge is 0.385 e. The summed E-state index contributed by atoms with van der Waals surface area (Å²) in [5.41, 5.74) is 0.598. The fourth-order valence-corrected chi connectivity index (χ4v) is 3.19. The first-order chi connectivity index (χ1) is 9.72. The lowest BCUT2D eigenvalue weighted by molar-refractivity contribution is 0.0949. The van der Waals surface area contributed by atoms with Crippen LogP contribution in [0, 0.1) is 5.82 Å². The summed E-state index contributed by atoms with van der Waals surface area (Å²) >= 11 is 1.96. The Bertz CT molecular complexity index is 464. The van der Waals surface area contributed by atoms with Crippen LogP contribution in [0.15, 0.2) is 18.2 Å². The molecule has 0 aliphatic carbocycles. The maximum absolute atomic E-state index is 13.6. The lowest BCUT2D eigenvalue weighted by atomic mass is 10.1. The number of nitrogens with zero attached hydrogens (tertiary/aromatic N) is 1. The number of carbonyl (C=O) groups excluding carboxylic acids is 1. The molecular weight excluding hydrogens is 277 g/mol. The number of rotatable bonds is 5. The maximum Gasteiger partial charge on any atom is 0.253 e. The van der Waals surface area contributed by atoms with E-state index >= 15 is 0 Å². The van der Waals surface area contributed by atoms with Crippen LogP contribution in [0.1, 0.15) is 10.4 Å². The van der Waals surface area contributed by atoms with Crippen molar-refractivity contribution in [1.82, 2.24) is 10.2 Å². The van der Waals surface area contributed by atoms with E-state index in [-0.39, 0.29) is 11.6 Å². The molecule has 2 rings (SSSR count). The molecule has 1 aliphatic rings. The van der Waals surface area contributed by atoms with E-state index in [9.17, 15) is 9.18 Å². The zero-order chi connectivity index (χ0) is 14.4. The minimum Gasteiger partial charge on any atom is -0.385 e. The number of amides is 1. The van der Waals surface area contributed by atoms with Gasteiger partial charge in [-0.15, -0.1) is 0 Å². The van der Waals surface area contributed by atoms with E-state index in [0.717, 1.165) is 31.1 Å². The number of hydrogen-bond donors (Lipinski definition) is 2. The number of carbonyl (C=O) groups is 1. The minimum atomic E-state index is -0.409. The lowest BCUT2D eigenvalue weighted by Gasteiger charge is -2.26. The van der Waals surface area contributed by atoms with E-state index < -0.39 is 5.82 Å². The highest BCUT2D eigenvalue weighted by Crippen LogP contribution is 2.18. The highest BCUT2D eigenvalue weighted by molar-refractivity contribution is 7.99. The molecule has 2 N–H and O–H groups in total. The summed E-state index contributed by atoms with van der Waals surface area (Å²) in [6, 6.07) is 4.52. The van der Waals surface area contributed by atoms with Crippen molar-refractivity contribution in [2.75, 3.05) is 50.0 Å². The number of thioether (sulfide) groups is 1. The fourth-order valence-electron chi connectivity index (χ4n) is 2.21. The van der Waals surface area contributed by atoms with Crippen LogP contribution in [0.5, 0.6) is 0 Å². The quantitative estimate of drug-likeness (QED) is 0.867. The van der Waals surface area contributed by atoms with E-state index in [1.165, 1.54) is 6.07 Å². The third-order valence-corrected chi connectivity index (χ3v) is 4.27. The van der Waals surface area contributed by atoms with Gasteiger partial charge in [0.25, 0.3) is 5.91 Å². The second kappa shape index (κ2) is 7.50. The number of halogens is 1. The van der Waals surface area contributed by atoms with Gasteiger partial charge in [0.05, 0.1) is 11.3 Å². The molecule has 0 bridgehead atoms. The average Bonchev–Trinajstić information content (AvgIpc) is 2.48. The lowest BCUT2D eigenvalue weighted by Crippen LogP contribution is -2.39. The van der Waals surface area contributed by atoms with Gasteiger partial charge >= 0.3 is 0 Å². The van der Waals surface area contributed by atoms with E-state index in [2.05, 4.69) is 15.5 Å². The predicted octanol–water partition coefficient (Wildman–Crippen LogP) is 1.65. The number of para-hydroxylation sites is 1. The molecule has 0 aromatic heterocycles. The summed E-state index contributed by atoms with van der Waals surface area (Å²) in [6.45, 7) is 3.57. The van der Waals surface area contributed by atoms with Crippen LogP contribution in [-0.2, 0) is 0 Å². The molecule has 0 atom stereocenters. The van der Waals surface area contributed by atoms with Crippen LogP contribution >= 0.6 is 11.8 Å². The van der Waals surface area contributed by atoms with Crippen molar-refractivity contribution in [3.63, 3.8) is 0 Å². The number of nitrogens with one attached hydrogen (secondary N) is 2. The normalized spacial score (nSPS) is 15.9. The molecule has 20 heavy (non-hydrogen) atoms. The minimum absolute atomic E-state index is 0.236. The third kappa shape index (κ3) is 3.86. The Morgan fingerprint density at radius 1 is 1.40 bits per heavy atom. The molecule has 1 heterocycles. The molecule has 1 aromatic carbocycles. The van der Waals surface area contributed by atoms with Gasteiger partial charge in [0.15, 0.2) is 0 Å². The van der Waals surface area contributed by atoms with Crippen molar-refractivity contribution in [2.24, 2.45) is 0 Å². The highest BCUT2D eigenvalue weighted by atomic mass is 32.2. The van der Waals surface area contributed by atoms with Crippen LogP contribution in [0.25, 0.3) is 0 Å². The Kier molecular flexibility index (Phi) is 5.67. The second-order valence-corrected chi connectivity index (χ2v) is 5.85. The van der Waals surface area contributed by atoms with Gasteiger partial charge in [0, 0.05) is 44.7 Å². The van der Waals surface area contributed by atoms with E-state index in [0.29, 0.717) is 12.1 Å². The molecule has 0 unspecified atom stereocenters. The summed E-state index contributed by atoms with van der Waals surface area (Å²) in [6.07, 6.45) is 0. The molecule has 0 saturated carbocycles. The second-order valence-electron chi connectivity index (χ2n) is 4.62. The van der Waals surface area contributed by atoms with Gasteiger partial charge in [-0.05, 0) is 12.1 Å². The summed E-state index contributed by atoms with van der Waals surface area (Å²) in [4.78, 5) is 14.4. The van der Waals surface area contributed by atoms with Gasteiger partial charge in [-0.25, -0.2) is 4.39 Å². The van der Waals surface area contributed by atoms with Crippen LogP contribution in [-0.4, -0.2) is 55.5 Å². The molecule has 1 amide bonds. The van der Waals surface area contributed by atoms with Gasteiger partial charge in [0.1, 0.15) is 5.82 Å². The molecule has 1 fully saturated rings. The molecule has 1 aliphatic heterocycles. The SMILES string of the molecule is CNc1c(F)cccc1C(=O)NCCN1CCSCC1. The van der Waals surface area contributed by atoms with Crippen LogP contribution in [0.4, 0.5) is 10.1 Å². The first kappa shape index (κ1) is 15.1. The van der Waals surface area contributed by atoms with Gasteiger partial charge < -0.3 is 10.6 Å². The Balaban J connectivity index is 1.87. The summed E-state index contributed by atoms with van der Waals surface area (Å²) in [7, 11) is 1.61. The zero-order valence-electron chi connectivity index (χ0n) is 11.6. The monoisotopic (exact) mass is 297 g/mol. The number of anilines is 1. The van der Waals surface area contributed by atoms with Gasteiger partial charge in [-0.1, -0.05) is 6.07 Å². The maximum atomic E-state index is 13.6. The summed E-state index contributed by atoms with van der Waals surface area (Å²) in [5.74, 6) is 1.66. The van der Waals surface area contributed by atoms with Crippen molar-refractivity contribution in [3.05, 3.63) is 29.6 Å². The first-order valence-electron chi connectivity index (χ1n) is 6.77. The Morgan fingerprint density at radius 2 is 2.15 bits per heavy atom. The standard InChI is InChI=1S/C14H20FN3OS/c1-16-13-11(3-2-4-12(13)15)14(19)17-5-6-18-7-9-20-10-8-18/h2-4,16H,5-10H2,1H3,(H,17,19). The summed E-state index contributed by atoms with van der Waals surface area (Å²) in [5, 5.41) is 5.59. The molecular formula is C14H20FN3OS. The molecule has 1 saturated heterocycles. The van der Waals surface area contributed by atoms with Crippen molar-refractivity contribution in [3.8, 4) is 0 Å².